The molecule has 41 heavy (non-hydrogen) atoms. The predicted molar refractivity (Wildman–Crippen MR) is 163 cm³/mol. The van der Waals surface area contributed by atoms with E-state index in [1.807, 2.05) is 86.8 Å². The van der Waals surface area contributed by atoms with Crippen LogP contribution >= 0.6 is 0 Å². The summed E-state index contributed by atoms with van der Waals surface area (Å²) in [6.45, 7) is 6.66. The Morgan fingerprint density at radius 2 is 1.49 bits per heavy atom. The molecule has 0 fully saturated rings. The maximum Gasteiger partial charge on any atom is 0.280 e. The number of hydrogen-bond donors (Lipinski definition) is 0. The summed E-state index contributed by atoms with van der Waals surface area (Å²) < 4.78 is 30.4. The molecule has 0 spiro atoms. The van der Waals surface area contributed by atoms with Gasteiger partial charge in [-0.05, 0) is 62.2 Å². The Kier molecular flexibility index (Phi) is 8.28. The van der Waals surface area contributed by atoms with Crippen molar-refractivity contribution in [2.75, 3.05) is 18.1 Å². The Balaban J connectivity index is 1.60. The van der Waals surface area contributed by atoms with Crippen LogP contribution in [0.1, 0.15) is 39.2 Å². The highest BCUT2D eigenvalue weighted by atomic mass is 32.2. The summed E-state index contributed by atoms with van der Waals surface area (Å²) in [6, 6.07) is 25.8. The fourth-order valence-electron chi connectivity index (χ4n) is 4.82. The van der Waals surface area contributed by atoms with Gasteiger partial charge in [-0.1, -0.05) is 62.4 Å². The Labute approximate surface area is 241 Å². The van der Waals surface area contributed by atoms with Crippen molar-refractivity contribution in [3.8, 4) is 16.9 Å². The molecule has 9 heteroatoms. The molecule has 0 unspecified atom stereocenters. The normalized spacial score (nSPS) is 14.7. The molecular weight excluding hydrogens is 534 g/mol. The molecule has 4 aromatic rings. The second-order valence-electron chi connectivity index (χ2n) is 9.84. The Hall–Kier alpha value is -4.34. The van der Waals surface area contributed by atoms with E-state index in [2.05, 4.69) is 5.10 Å². The molecule has 8 nitrogen and oxygen atoms in total. The number of anilines is 1. The molecule has 0 radical (unpaired) electrons. The van der Waals surface area contributed by atoms with Crippen LogP contribution in [0.15, 0.2) is 107 Å². The van der Waals surface area contributed by atoms with Crippen LogP contribution in [0.5, 0.6) is 0 Å². The molecule has 1 aliphatic rings. The van der Waals surface area contributed by atoms with Gasteiger partial charge in [0, 0.05) is 30.4 Å². The molecule has 210 valence electrons. The van der Waals surface area contributed by atoms with Crippen LogP contribution in [0, 0.1) is 0 Å². The third kappa shape index (κ3) is 5.77. The number of benzene rings is 3. The van der Waals surface area contributed by atoms with Gasteiger partial charge in [0.1, 0.15) is 5.69 Å². The van der Waals surface area contributed by atoms with E-state index < -0.39 is 10.0 Å². The average Bonchev–Trinajstić information content (AvgIpc) is 3.55. The van der Waals surface area contributed by atoms with Crippen molar-refractivity contribution < 1.29 is 13.2 Å². The van der Waals surface area contributed by atoms with Gasteiger partial charge in [-0.2, -0.15) is 19.5 Å². The van der Waals surface area contributed by atoms with Gasteiger partial charge in [0.2, 0.25) is 10.0 Å². The summed E-state index contributed by atoms with van der Waals surface area (Å²) in [4.78, 5) is 13.7. The van der Waals surface area contributed by atoms with E-state index in [9.17, 15) is 13.2 Å². The number of rotatable bonds is 10. The maximum absolute atomic E-state index is 13.6. The molecule has 0 N–H and O–H groups in total. The van der Waals surface area contributed by atoms with E-state index in [4.69, 9.17) is 5.10 Å². The van der Waals surface area contributed by atoms with Gasteiger partial charge in [-0.3, -0.25) is 4.79 Å². The van der Waals surface area contributed by atoms with E-state index >= 15 is 0 Å². The van der Waals surface area contributed by atoms with Gasteiger partial charge in [0.15, 0.2) is 0 Å². The van der Waals surface area contributed by atoms with Crippen molar-refractivity contribution in [1.29, 1.82) is 0 Å². The van der Waals surface area contributed by atoms with Gasteiger partial charge >= 0.3 is 0 Å². The molecule has 0 atom stereocenters. The molecular formula is C32H33N5O3S. The molecule has 1 amide bonds. The number of hydrogen-bond acceptors (Lipinski definition) is 5. The van der Waals surface area contributed by atoms with E-state index in [1.54, 1.807) is 35.9 Å². The highest BCUT2D eigenvalue weighted by Gasteiger charge is 2.30. The van der Waals surface area contributed by atoms with Gasteiger partial charge in [-0.25, -0.2) is 13.1 Å². The Bertz CT molecular complexity index is 1700. The molecule has 2 heterocycles. The number of sulfonamides is 1. The van der Waals surface area contributed by atoms with Gasteiger partial charge in [0.05, 0.1) is 27.6 Å². The minimum absolute atomic E-state index is 0.217. The molecule has 0 saturated carbocycles. The van der Waals surface area contributed by atoms with E-state index in [1.165, 1.54) is 9.31 Å². The second kappa shape index (κ2) is 12.0. The molecule has 3 aromatic carbocycles. The fraction of sp³-hybridized carbons (Fsp3) is 0.219. The fourth-order valence-corrected chi connectivity index (χ4v) is 6.49. The number of amides is 1. The third-order valence-electron chi connectivity index (χ3n) is 6.82. The van der Waals surface area contributed by atoms with Gasteiger partial charge in [-0.15, -0.1) is 0 Å². The molecule has 0 aliphatic carbocycles. The van der Waals surface area contributed by atoms with Crippen LogP contribution in [0.4, 0.5) is 5.69 Å². The van der Waals surface area contributed by atoms with Crippen molar-refractivity contribution in [2.24, 2.45) is 5.10 Å². The number of nitrogens with zero attached hydrogens (tertiary/aromatic N) is 5. The Morgan fingerprint density at radius 3 is 2.12 bits per heavy atom. The summed E-state index contributed by atoms with van der Waals surface area (Å²) >= 11 is 0. The third-order valence-corrected chi connectivity index (χ3v) is 8.71. The predicted octanol–water partition coefficient (Wildman–Crippen LogP) is 6.16. The van der Waals surface area contributed by atoms with Gasteiger partial charge in [0.25, 0.3) is 5.91 Å². The first-order chi connectivity index (χ1) is 19.8. The van der Waals surface area contributed by atoms with Crippen LogP contribution in [0.3, 0.4) is 0 Å². The summed E-state index contributed by atoms with van der Waals surface area (Å²) in [5, 5.41) is 10.8. The lowest BCUT2D eigenvalue weighted by Crippen LogP contribution is -2.32. The zero-order valence-corrected chi connectivity index (χ0v) is 24.3. The van der Waals surface area contributed by atoms with Crippen LogP contribution in [-0.4, -0.2) is 47.2 Å². The number of hydrazone groups is 1. The van der Waals surface area contributed by atoms with Crippen LogP contribution in [-0.2, 0) is 14.8 Å². The number of carbonyl (C=O) groups is 1. The first-order valence-electron chi connectivity index (χ1n) is 13.8. The van der Waals surface area contributed by atoms with E-state index in [0.29, 0.717) is 46.9 Å². The summed E-state index contributed by atoms with van der Waals surface area (Å²) in [7, 11) is -3.69. The average molecular weight is 568 g/mol. The Morgan fingerprint density at radius 1 is 0.854 bits per heavy atom. The molecule has 0 saturated heterocycles. The monoisotopic (exact) mass is 567 g/mol. The lowest BCUT2D eigenvalue weighted by molar-refractivity contribution is -0.114. The number of aromatic nitrogens is 2. The maximum atomic E-state index is 13.6. The first-order valence-corrected chi connectivity index (χ1v) is 15.2. The zero-order valence-electron chi connectivity index (χ0n) is 23.4. The van der Waals surface area contributed by atoms with Crippen molar-refractivity contribution in [1.82, 2.24) is 14.1 Å². The number of para-hydroxylation sites is 2. The lowest BCUT2D eigenvalue weighted by Gasteiger charge is -2.21. The number of carbonyl (C=O) groups excluding carboxylic acids is 1. The van der Waals surface area contributed by atoms with Crippen LogP contribution in [0.2, 0.25) is 0 Å². The van der Waals surface area contributed by atoms with Crippen molar-refractivity contribution in [3.63, 3.8) is 0 Å². The molecule has 1 aliphatic heterocycles. The van der Waals surface area contributed by atoms with Crippen LogP contribution < -0.4 is 5.01 Å². The van der Waals surface area contributed by atoms with Crippen molar-refractivity contribution in [3.05, 3.63) is 102 Å². The minimum atomic E-state index is -3.69. The van der Waals surface area contributed by atoms with E-state index in [-0.39, 0.29) is 10.8 Å². The minimum Gasteiger partial charge on any atom is -0.267 e. The topological polar surface area (TPSA) is 87.9 Å². The zero-order chi connectivity index (χ0) is 29.0. The highest BCUT2D eigenvalue weighted by Crippen LogP contribution is 2.31. The largest absolute Gasteiger partial charge is 0.280 e. The summed E-state index contributed by atoms with van der Waals surface area (Å²) in [5.74, 6) is -0.238. The van der Waals surface area contributed by atoms with E-state index in [0.717, 1.165) is 18.5 Å². The SMILES string of the molecule is CCCN(CCC)S(=O)(=O)c1cccc(-c2nn(-c3ccccc3)cc2C=C2C(=O)N(c3ccccc3)N=C2C)c1. The standard InChI is InChI=1S/C32H33N5O3S/c1-4-19-35(20-5-2)41(39,40)29-18-12-13-25(21-29)31-26(23-36(34-31)27-14-8-6-9-15-27)22-30-24(3)33-37(32(30)38)28-16-10-7-11-17-28/h6-18,21-23H,4-5,19-20H2,1-3H3. The summed E-state index contributed by atoms with van der Waals surface area (Å²) in [5.41, 5.74) is 4.44. The van der Waals surface area contributed by atoms with Gasteiger partial charge < -0.3 is 0 Å². The molecule has 0 bridgehead atoms. The summed E-state index contributed by atoms with van der Waals surface area (Å²) in [6.07, 6.45) is 5.10. The quantitative estimate of drug-likeness (QED) is 0.215. The smallest absolute Gasteiger partial charge is 0.267 e. The lowest BCUT2D eigenvalue weighted by atomic mass is 10.0. The van der Waals surface area contributed by atoms with Crippen molar-refractivity contribution in [2.45, 2.75) is 38.5 Å². The highest BCUT2D eigenvalue weighted by molar-refractivity contribution is 7.89. The van der Waals surface area contributed by atoms with Crippen LogP contribution in [0.25, 0.3) is 23.0 Å². The molecule has 1 aromatic heterocycles. The van der Waals surface area contributed by atoms with Crippen molar-refractivity contribution >= 4 is 33.4 Å². The molecule has 5 rings (SSSR count). The second-order valence-corrected chi connectivity index (χ2v) is 11.8. The first kappa shape index (κ1) is 28.2.